The van der Waals surface area contributed by atoms with Gasteiger partial charge >= 0.3 is 0 Å². The fourth-order valence-corrected chi connectivity index (χ4v) is 3.63. The molecule has 0 radical (unpaired) electrons. The first-order valence-electron chi connectivity index (χ1n) is 8.11. The second-order valence-corrected chi connectivity index (χ2v) is 7.59. The lowest BCUT2D eigenvalue weighted by atomic mass is 10.2. The molecule has 0 fully saturated rings. The van der Waals surface area contributed by atoms with Crippen molar-refractivity contribution in [2.75, 3.05) is 25.6 Å². The molecule has 0 spiro atoms. The Bertz CT molecular complexity index is 944. The van der Waals surface area contributed by atoms with Crippen molar-refractivity contribution in [2.45, 2.75) is 23.3 Å². The number of furan rings is 1. The second-order valence-electron chi connectivity index (χ2n) is 5.72. The van der Waals surface area contributed by atoms with Crippen LogP contribution in [0.15, 0.2) is 61.4 Å². The highest BCUT2D eigenvalue weighted by Crippen LogP contribution is 2.32. The predicted molar refractivity (Wildman–Crippen MR) is 95.8 cm³/mol. The molecule has 0 saturated carbocycles. The maximum Gasteiger partial charge on any atom is 0.266 e. The van der Waals surface area contributed by atoms with E-state index in [4.69, 9.17) is 13.6 Å². The average Bonchev–Trinajstić information content (AvgIpc) is 3.29. The fourth-order valence-electron chi connectivity index (χ4n) is 2.35. The van der Waals surface area contributed by atoms with E-state index in [1.165, 1.54) is 6.26 Å². The molecule has 3 rings (SSSR count). The van der Waals surface area contributed by atoms with Gasteiger partial charge in [0, 0.05) is 20.3 Å². The number of hydrogen-bond donors (Lipinski definition) is 1. The summed E-state index contributed by atoms with van der Waals surface area (Å²) in [6.07, 6.45) is 2.16. The number of nitrogens with one attached hydrogen (secondary N) is 1. The zero-order chi connectivity index (χ0) is 18.6. The van der Waals surface area contributed by atoms with Gasteiger partial charge in [0.25, 0.3) is 5.89 Å². The van der Waals surface area contributed by atoms with E-state index in [1.54, 1.807) is 43.5 Å². The van der Waals surface area contributed by atoms with Crippen LogP contribution in [-0.2, 0) is 14.6 Å². The van der Waals surface area contributed by atoms with Crippen LogP contribution in [0, 0.1) is 6.92 Å². The Labute approximate surface area is 151 Å². The quantitative estimate of drug-likeness (QED) is 0.601. The van der Waals surface area contributed by atoms with Gasteiger partial charge in [0.1, 0.15) is 0 Å². The first-order chi connectivity index (χ1) is 12.5. The highest BCUT2D eigenvalue weighted by molar-refractivity contribution is 7.91. The largest absolute Gasteiger partial charge is 0.459 e. The lowest BCUT2D eigenvalue weighted by molar-refractivity contribution is 0.197. The van der Waals surface area contributed by atoms with Crippen molar-refractivity contribution in [3.05, 3.63) is 48.2 Å². The van der Waals surface area contributed by atoms with Crippen LogP contribution in [0.5, 0.6) is 0 Å². The number of sulfone groups is 1. The number of methoxy groups -OCH3 is 1. The fraction of sp³-hybridized carbons (Fsp3) is 0.278. The van der Waals surface area contributed by atoms with E-state index in [9.17, 15) is 8.42 Å². The summed E-state index contributed by atoms with van der Waals surface area (Å²) in [7, 11) is -2.23. The van der Waals surface area contributed by atoms with Crippen molar-refractivity contribution in [1.29, 1.82) is 0 Å². The third-order valence-corrected chi connectivity index (χ3v) is 5.40. The van der Waals surface area contributed by atoms with Crippen molar-refractivity contribution in [3.8, 4) is 11.7 Å². The van der Waals surface area contributed by atoms with E-state index in [0.29, 0.717) is 25.3 Å². The summed E-state index contributed by atoms with van der Waals surface area (Å²) in [5.74, 6) is 0.554. The summed E-state index contributed by atoms with van der Waals surface area (Å²) in [6.45, 7) is 2.92. The highest BCUT2D eigenvalue weighted by atomic mass is 32.2. The van der Waals surface area contributed by atoms with E-state index in [0.717, 1.165) is 5.56 Å². The van der Waals surface area contributed by atoms with Crippen LogP contribution in [0.4, 0.5) is 5.88 Å². The predicted octanol–water partition coefficient (Wildman–Crippen LogP) is 3.52. The molecule has 0 amide bonds. The van der Waals surface area contributed by atoms with Crippen LogP contribution in [-0.4, -0.2) is 33.7 Å². The second kappa shape index (κ2) is 7.76. The molecule has 0 aliphatic carbocycles. The molecule has 0 atom stereocenters. The van der Waals surface area contributed by atoms with Crippen molar-refractivity contribution in [2.24, 2.45) is 0 Å². The molecule has 1 N–H and O–H groups in total. The maximum absolute atomic E-state index is 13.0. The number of benzene rings is 1. The summed E-state index contributed by atoms with van der Waals surface area (Å²) in [6, 6.07) is 9.93. The van der Waals surface area contributed by atoms with Crippen LogP contribution < -0.4 is 5.32 Å². The summed E-state index contributed by atoms with van der Waals surface area (Å²) < 4.78 is 41.9. The van der Waals surface area contributed by atoms with Gasteiger partial charge in [0.15, 0.2) is 5.76 Å². The summed E-state index contributed by atoms with van der Waals surface area (Å²) >= 11 is 0. The Morgan fingerprint density at radius 3 is 2.62 bits per heavy atom. The minimum atomic E-state index is -3.84. The minimum Gasteiger partial charge on any atom is -0.459 e. The number of ether oxygens (including phenoxy) is 1. The summed E-state index contributed by atoms with van der Waals surface area (Å²) in [4.78, 5) is 4.33. The van der Waals surface area contributed by atoms with Gasteiger partial charge in [-0.25, -0.2) is 8.42 Å². The number of anilines is 1. The van der Waals surface area contributed by atoms with Gasteiger partial charge in [0.05, 0.1) is 11.2 Å². The maximum atomic E-state index is 13.0. The van der Waals surface area contributed by atoms with Crippen molar-refractivity contribution < 1.29 is 22.0 Å². The molecule has 0 aliphatic heterocycles. The van der Waals surface area contributed by atoms with Crippen LogP contribution in [0.2, 0.25) is 0 Å². The highest BCUT2D eigenvalue weighted by Gasteiger charge is 2.29. The monoisotopic (exact) mass is 376 g/mol. The Kier molecular flexibility index (Phi) is 5.43. The Balaban J connectivity index is 1.99. The van der Waals surface area contributed by atoms with E-state index < -0.39 is 9.84 Å². The molecule has 0 unspecified atom stereocenters. The van der Waals surface area contributed by atoms with Gasteiger partial charge in [0.2, 0.25) is 20.7 Å². The Morgan fingerprint density at radius 1 is 1.19 bits per heavy atom. The number of hydrogen-bond acceptors (Lipinski definition) is 7. The number of aromatic nitrogens is 1. The third kappa shape index (κ3) is 3.81. The molecule has 138 valence electrons. The first-order valence-corrected chi connectivity index (χ1v) is 9.60. The van der Waals surface area contributed by atoms with Crippen molar-refractivity contribution in [1.82, 2.24) is 4.98 Å². The molecule has 1 aromatic carbocycles. The molecule has 0 saturated heterocycles. The van der Waals surface area contributed by atoms with Gasteiger partial charge in [-0.2, -0.15) is 4.98 Å². The molecule has 2 aromatic heterocycles. The zero-order valence-electron chi connectivity index (χ0n) is 14.6. The minimum absolute atomic E-state index is 0.0908. The van der Waals surface area contributed by atoms with E-state index >= 15 is 0 Å². The summed E-state index contributed by atoms with van der Waals surface area (Å²) in [5.41, 5.74) is 0.971. The number of aryl methyl sites for hydroxylation is 1. The van der Waals surface area contributed by atoms with Gasteiger partial charge in [-0.3, -0.25) is 0 Å². The lowest BCUT2D eigenvalue weighted by Gasteiger charge is -2.06. The zero-order valence-corrected chi connectivity index (χ0v) is 15.4. The van der Waals surface area contributed by atoms with E-state index in [1.807, 2.05) is 6.92 Å². The van der Waals surface area contributed by atoms with Crippen LogP contribution in [0.25, 0.3) is 11.7 Å². The standard InChI is InChI=1S/C18H20N2O5S/c1-13-6-8-14(9-7-13)26(21,22)18-17(19-10-4-11-23-2)25-16(20-18)15-5-3-12-24-15/h3,5-9,12,19H,4,10-11H2,1-2H3. The van der Waals surface area contributed by atoms with Crippen LogP contribution >= 0.6 is 0 Å². The van der Waals surface area contributed by atoms with Gasteiger partial charge < -0.3 is 18.9 Å². The number of oxazole rings is 1. The molecular formula is C18H20N2O5S. The smallest absolute Gasteiger partial charge is 0.266 e. The lowest BCUT2D eigenvalue weighted by Crippen LogP contribution is -2.09. The normalized spacial score (nSPS) is 11.6. The third-order valence-electron chi connectivity index (χ3n) is 3.72. The molecule has 0 bridgehead atoms. The van der Waals surface area contributed by atoms with Crippen molar-refractivity contribution >= 4 is 15.7 Å². The van der Waals surface area contributed by atoms with E-state index in [2.05, 4.69) is 10.3 Å². The molecule has 2 heterocycles. The van der Waals surface area contributed by atoms with Crippen LogP contribution in [0.3, 0.4) is 0 Å². The number of nitrogens with zero attached hydrogens (tertiary/aromatic N) is 1. The molecule has 7 nitrogen and oxygen atoms in total. The average molecular weight is 376 g/mol. The Hall–Kier alpha value is -2.58. The van der Waals surface area contributed by atoms with Gasteiger partial charge in [-0.1, -0.05) is 17.7 Å². The van der Waals surface area contributed by atoms with Crippen LogP contribution in [0.1, 0.15) is 12.0 Å². The molecule has 8 heteroatoms. The molecule has 26 heavy (non-hydrogen) atoms. The molecule has 3 aromatic rings. The Morgan fingerprint density at radius 2 is 1.96 bits per heavy atom. The topological polar surface area (TPSA) is 94.6 Å². The molecular weight excluding hydrogens is 356 g/mol. The SMILES string of the molecule is COCCCNc1oc(-c2ccco2)nc1S(=O)(=O)c1ccc(C)cc1. The van der Waals surface area contributed by atoms with Gasteiger partial charge in [-0.05, 0) is 37.6 Å². The van der Waals surface area contributed by atoms with Gasteiger partial charge in [-0.15, -0.1) is 0 Å². The molecule has 0 aliphatic rings. The first kappa shape index (κ1) is 18.2. The summed E-state index contributed by atoms with van der Waals surface area (Å²) in [5, 5.41) is 2.83. The number of rotatable bonds is 8. The van der Waals surface area contributed by atoms with E-state index in [-0.39, 0.29) is 21.7 Å². The van der Waals surface area contributed by atoms with Crippen molar-refractivity contribution in [3.63, 3.8) is 0 Å².